The quantitative estimate of drug-likeness (QED) is 0.523. The Bertz CT molecular complexity index is 283. The maximum atomic E-state index is 5.18. The number of ether oxygens (including phenoxy) is 1. The fourth-order valence-electron chi connectivity index (χ4n) is 2.46. The number of nitrogens with one attached hydrogen (secondary N) is 2. The molecule has 20 heavy (non-hydrogen) atoms. The van der Waals surface area contributed by atoms with Gasteiger partial charge in [-0.15, -0.1) is 0 Å². The summed E-state index contributed by atoms with van der Waals surface area (Å²) < 4.78 is 5.18. The standard InChI is InChI=1S/C15H32N4O/c1-5-13(3)18-15(16-6-2)17-12-14-8-7-9-19(14)10-11-20-4/h13-14H,5-12H2,1-4H3,(H2,16,17,18). The Morgan fingerprint density at radius 1 is 1.45 bits per heavy atom. The van der Waals surface area contributed by atoms with Crippen LogP contribution in [0.1, 0.15) is 40.0 Å². The van der Waals surface area contributed by atoms with Crippen LogP contribution in [-0.4, -0.2) is 62.8 Å². The van der Waals surface area contributed by atoms with E-state index in [-0.39, 0.29) is 0 Å². The fraction of sp³-hybridized carbons (Fsp3) is 0.933. The maximum Gasteiger partial charge on any atom is 0.191 e. The van der Waals surface area contributed by atoms with E-state index >= 15 is 0 Å². The summed E-state index contributed by atoms with van der Waals surface area (Å²) in [6.07, 6.45) is 3.63. The van der Waals surface area contributed by atoms with Crippen LogP contribution in [0, 0.1) is 0 Å². The molecule has 0 spiro atoms. The lowest BCUT2D eigenvalue weighted by atomic mass is 10.2. The highest BCUT2D eigenvalue weighted by Crippen LogP contribution is 2.16. The van der Waals surface area contributed by atoms with E-state index in [1.165, 1.54) is 19.4 Å². The second-order valence-corrected chi connectivity index (χ2v) is 5.50. The zero-order valence-electron chi connectivity index (χ0n) is 13.6. The molecule has 1 heterocycles. The molecule has 0 amide bonds. The van der Waals surface area contributed by atoms with Crippen molar-refractivity contribution >= 4 is 5.96 Å². The van der Waals surface area contributed by atoms with Gasteiger partial charge in [-0.05, 0) is 39.7 Å². The number of nitrogens with zero attached hydrogens (tertiary/aromatic N) is 2. The molecule has 1 fully saturated rings. The Balaban J connectivity index is 2.47. The molecule has 1 aliphatic rings. The first kappa shape index (κ1) is 17.2. The summed E-state index contributed by atoms with van der Waals surface area (Å²) in [6, 6.07) is 1.03. The third-order valence-electron chi connectivity index (χ3n) is 3.88. The second kappa shape index (κ2) is 10.00. The molecule has 2 atom stereocenters. The van der Waals surface area contributed by atoms with Gasteiger partial charge in [0, 0.05) is 32.3 Å². The zero-order chi connectivity index (χ0) is 14.8. The summed E-state index contributed by atoms with van der Waals surface area (Å²) in [7, 11) is 1.77. The van der Waals surface area contributed by atoms with Gasteiger partial charge >= 0.3 is 0 Å². The number of guanidine groups is 1. The van der Waals surface area contributed by atoms with Crippen molar-refractivity contribution in [1.29, 1.82) is 0 Å². The normalized spacial score (nSPS) is 22.0. The number of rotatable bonds is 8. The summed E-state index contributed by atoms with van der Waals surface area (Å²) in [4.78, 5) is 7.25. The Kier molecular flexibility index (Phi) is 8.62. The van der Waals surface area contributed by atoms with Gasteiger partial charge in [-0.25, -0.2) is 0 Å². The molecule has 5 nitrogen and oxygen atoms in total. The monoisotopic (exact) mass is 284 g/mol. The van der Waals surface area contributed by atoms with Gasteiger partial charge in [0.05, 0.1) is 13.2 Å². The van der Waals surface area contributed by atoms with E-state index in [0.717, 1.165) is 38.6 Å². The van der Waals surface area contributed by atoms with Gasteiger partial charge in [0.2, 0.25) is 0 Å². The highest BCUT2D eigenvalue weighted by Gasteiger charge is 2.23. The highest BCUT2D eigenvalue weighted by atomic mass is 16.5. The van der Waals surface area contributed by atoms with Crippen LogP contribution in [0.5, 0.6) is 0 Å². The molecule has 1 aliphatic heterocycles. The Hall–Kier alpha value is -0.810. The van der Waals surface area contributed by atoms with Crippen LogP contribution in [0.3, 0.4) is 0 Å². The van der Waals surface area contributed by atoms with Gasteiger partial charge in [-0.3, -0.25) is 9.89 Å². The van der Waals surface area contributed by atoms with Crippen molar-refractivity contribution in [3.8, 4) is 0 Å². The lowest BCUT2D eigenvalue weighted by Crippen LogP contribution is -2.43. The number of hydrogen-bond acceptors (Lipinski definition) is 3. The first-order valence-corrected chi connectivity index (χ1v) is 7.99. The number of hydrogen-bond donors (Lipinski definition) is 2. The minimum Gasteiger partial charge on any atom is -0.383 e. The van der Waals surface area contributed by atoms with Crippen LogP contribution in [0.4, 0.5) is 0 Å². The van der Waals surface area contributed by atoms with Gasteiger partial charge in [-0.2, -0.15) is 0 Å². The van der Waals surface area contributed by atoms with Crippen molar-refractivity contribution in [2.24, 2.45) is 4.99 Å². The lowest BCUT2D eigenvalue weighted by molar-refractivity contribution is 0.142. The molecule has 0 aliphatic carbocycles. The fourth-order valence-corrected chi connectivity index (χ4v) is 2.46. The molecule has 5 heteroatoms. The molecule has 1 saturated heterocycles. The predicted octanol–water partition coefficient (Wildman–Crippen LogP) is 1.45. The van der Waals surface area contributed by atoms with E-state index in [4.69, 9.17) is 9.73 Å². The van der Waals surface area contributed by atoms with Crippen LogP contribution in [-0.2, 0) is 4.74 Å². The van der Waals surface area contributed by atoms with E-state index in [2.05, 4.69) is 36.3 Å². The molecule has 2 unspecified atom stereocenters. The largest absolute Gasteiger partial charge is 0.383 e. The Morgan fingerprint density at radius 3 is 2.90 bits per heavy atom. The van der Waals surface area contributed by atoms with Gasteiger partial charge in [-0.1, -0.05) is 6.92 Å². The molecule has 0 aromatic carbocycles. The first-order chi connectivity index (χ1) is 9.71. The van der Waals surface area contributed by atoms with Crippen molar-refractivity contribution in [2.45, 2.75) is 52.1 Å². The summed E-state index contributed by atoms with van der Waals surface area (Å²) in [6.45, 7) is 11.3. The minimum atomic E-state index is 0.459. The van der Waals surface area contributed by atoms with Crippen LogP contribution in [0.2, 0.25) is 0 Å². The maximum absolute atomic E-state index is 5.18. The molecular weight excluding hydrogens is 252 g/mol. The minimum absolute atomic E-state index is 0.459. The molecule has 0 radical (unpaired) electrons. The van der Waals surface area contributed by atoms with Crippen LogP contribution in [0.25, 0.3) is 0 Å². The number of aliphatic imine (C=N–C) groups is 1. The average molecular weight is 284 g/mol. The van der Waals surface area contributed by atoms with E-state index in [9.17, 15) is 0 Å². The summed E-state index contributed by atoms with van der Waals surface area (Å²) in [5, 5.41) is 6.77. The molecule has 0 bridgehead atoms. The molecule has 0 saturated carbocycles. The van der Waals surface area contributed by atoms with Crippen molar-refractivity contribution in [2.75, 3.05) is 39.9 Å². The van der Waals surface area contributed by atoms with E-state index < -0.39 is 0 Å². The van der Waals surface area contributed by atoms with Crippen LogP contribution in [0.15, 0.2) is 4.99 Å². The number of methoxy groups -OCH3 is 1. The third-order valence-corrected chi connectivity index (χ3v) is 3.88. The van der Waals surface area contributed by atoms with Crippen LogP contribution >= 0.6 is 0 Å². The predicted molar refractivity (Wildman–Crippen MR) is 85.3 cm³/mol. The zero-order valence-corrected chi connectivity index (χ0v) is 13.6. The molecule has 118 valence electrons. The SMILES string of the molecule is CCNC(=NCC1CCCN1CCOC)NC(C)CC. The molecule has 1 rings (SSSR count). The summed E-state index contributed by atoms with van der Waals surface area (Å²) >= 11 is 0. The molecule has 2 N–H and O–H groups in total. The molecular formula is C15H32N4O. The van der Waals surface area contributed by atoms with E-state index in [1.807, 2.05) is 0 Å². The summed E-state index contributed by atoms with van der Waals surface area (Å²) in [5.74, 6) is 0.945. The Labute approximate surface area is 124 Å². The molecule has 0 aromatic heterocycles. The van der Waals surface area contributed by atoms with Crippen LogP contribution < -0.4 is 10.6 Å². The van der Waals surface area contributed by atoms with E-state index in [1.54, 1.807) is 7.11 Å². The van der Waals surface area contributed by atoms with Gasteiger partial charge in [0.15, 0.2) is 5.96 Å². The summed E-state index contributed by atoms with van der Waals surface area (Å²) in [5.41, 5.74) is 0. The van der Waals surface area contributed by atoms with Crippen molar-refractivity contribution in [3.05, 3.63) is 0 Å². The highest BCUT2D eigenvalue weighted by molar-refractivity contribution is 5.80. The Morgan fingerprint density at radius 2 is 2.25 bits per heavy atom. The van der Waals surface area contributed by atoms with Crippen molar-refractivity contribution < 1.29 is 4.74 Å². The smallest absolute Gasteiger partial charge is 0.191 e. The average Bonchev–Trinajstić information content (AvgIpc) is 2.90. The first-order valence-electron chi connectivity index (χ1n) is 7.99. The van der Waals surface area contributed by atoms with Crippen molar-refractivity contribution in [3.63, 3.8) is 0 Å². The lowest BCUT2D eigenvalue weighted by Gasteiger charge is -2.23. The van der Waals surface area contributed by atoms with Crippen molar-refractivity contribution in [1.82, 2.24) is 15.5 Å². The van der Waals surface area contributed by atoms with Gasteiger partial charge < -0.3 is 15.4 Å². The topological polar surface area (TPSA) is 48.9 Å². The van der Waals surface area contributed by atoms with E-state index in [0.29, 0.717) is 12.1 Å². The van der Waals surface area contributed by atoms with Gasteiger partial charge in [0.1, 0.15) is 0 Å². The molecule has 0 aromatic rings. The van der Waals surface area contributed by atoms with Gasteiger partial charge in [0.25, 0.3) is 0 Å². The third kappa shape index (κ3) is 6.09. The number of likely N-dealkylation sites (tertiary alicyclic amines) is 1. The second-order valence-electron chi connectivity index (χ2n) is 5.50.